The molecule has 0 spiro atoms. The number of nitrogens with two attached hydrogens (primary N) is 1. The summed E-state index contributed by atoms with van der Waals surface area (Å²) in [4.78, 5) is 23.3. The van der Waals surface area contributed by atoms with Crippen molar-refractivity contribution in [2.45, 2.75) is 13.3 Å². The molecular weight excluding hydrogens is 425 g/mol. The second kappa shape index (κ2) is 6.87. The van der Waals surface area contributed by atoms with Crippen LogP contribution in [0.3, 0.4) is 0 Å². The number of nitrogens with one attached hydrogen (secondary N) is 2. The number of aryl methyl sites for hydroxylation is 1. The van der Waals surface area contributed by atoms with Gasteiger partial charge in [-0.05, 0) is 43.3 Å². The van der Waals surface area contributed by atoms with Crippen molar-refractivity contribution in [2.75, 3.05) is 5.73 Å². The number of rotatable bonds is 4. The lowest BCUT2D eigenvalue weighted by Gasteiger charge is -2.08. The number of ketones is 1. The predicted octanol–water partition coefficient (Wildman–Crippen LogP) is 4.25. The van der Waals surface area contributed by atoms with Crippen LogP contribution in [0.1, 0.15) is 21.9 Å². The number of anilines is 1. The Morgan fingerprint density at radius 3 is 2.69 bits per heavy atom. The van der Waals surface area contributed by atoms with Gasteiger partial charge in [-0.25, -0.2) is 9.67 Å². The van der Waals surface area contributed by atoms with Crippen molar-refractivity contribution in [3.05, 3.63) is 65.7 Å². The van der Waals surface area contributed by atoms with Crippen LogP contribution < -0.4 is 10.5 Å². The van der Waals surface area contributed by atoms with Gasteiger partial charge in [-0.1, -0.05) is 0 Å². The molecule has 0 aliphatic heterocycles. The minimum atomic E-state index is -4.81. The number of aromatic amines is 2. The van der Waals surface area contributed by atoms with Crippen LogP contribution in [0.5, 0.6) is 5.75 Å². The lowest BCUT2D eigenvalue weighted by Crippen LogP contribution is -2.16. The third kappa shape index (κ3) is 3.43. The van der Waals surface area contributed by atoms with E-state index in [1.54, 1.807) is 12.1 Å². The highest BCUT2D eigenvalue weighted by Gasteiger charge is 2.31. The number of alkyl halides is 3. The van der Waals surface area contributed by atoms with Gasteiger partial charge in [-0.15, -0.1) is 13.2 Å². The second-order valence-electron chi connectivity index (χ2n) is 7.19. The van der Waals surface area contributed by atoms with Gasteiger partial charge in [-0.3, -0.25) is 4.79 Å². The fourth-order valence-corrected chi connectivity index (χ4v) is 3.56. The molecule has 8 nitrogen and oxygen atoms in total. The molecule has 0 fully saturated rings. The highest BCUT2D eigenvalue weighted by molar-refractivity contribution is 6.12. The first-order chi connectivity index (χ1) is 15.2. The van der Waals surface area contributed by atoms with E-state index in [1.807, 2.05) is 13.0 Å². The molecule has 5 rings (SSSR count). The molecule has 0 aliphatic rings. The third-order valence-electron chi connectivity index (χ3n) is 4.95. The minimum absolute atomic E-state index is 0.126. The number of benzene rings is 2. The number of aromatic nitrogens is 5. The van der Waals surface area contributed by atoms with E-state index in [0.29, 0.717) is 16.6 Å². The largest absolute Gasteiger partial charge is 0.573 e. The highest BCUT2D eigenvalue weighted by atomic mass is 19.4. The van der Waals surface area contributed by atoms with E-state index in [2.05, 4.69) is 24.8 Å². The zero-order valence-corrected chi connectivity index (χ0v) is 16.5. The first kappa shape index (κ1) is 19.7. The number of hydrogen-bond donors (Lipinski definition) is 3. The average molecular weight is 440 g/mol. The Labute approximate surface area is 177 Å². The quantitative estimate of drug-likeness (QED) is 0.362. The Kier molecular flexibility index (Phi) is 4.22. The van der Waals surface area contributed by atoms with Crippen molar-refractivity contribution in [2.24, 2.45) is 0 Å². The number of carbonyl (C=O) groups excluding carboxylic acids is 1. The number of nitrogen functional groups attached to an aromatic ring is 1. The Morgan fingerprint density at radius 2 is 1.91 bits per heavy atom. The Morgan fingerprint density at radius 1 is 1.09 bits per heavy atom. The van der Waals surface area contributed by atoms with Crippen LogP contribution in [0.25, 0.3) is 27.6 Å². The molecule has 0 radical (unpaired) electrons. The summed E-state index contributed by atoms with van der Waals surface area (Å²) >= 11 is 0. The molecule has 3 heterocycles. The summed E-state index contributed by atoms with van der Waals surface area (Å²) in [7, 11) is 0. The average Bonchev–Trinajstić information content (AvgIpc) is 3.40. The number of fused-ring (bicyclic) bond motifs is 2. The first-order valence-corrected chi connectivity index (χ1v) is 9.41. The number of nitrogens with zero attached hydrogens (tertiary/aromatic N) is 3. The highest BCUT2D eigenvalue weighted by Crippen LogP contribution is 2.28. The van der Waals surface area contributed by atoms with Crippen molar-refractivity contribution in [1.29, 1.82) is 0 Å². The van der Waals surface area contributed by atoms with Gasteiger partial charge in [0.2, 0.25) is 5.78 Å². The molecule has 3 aromatic heterocycles. The van der Waals surface area contributed by atoms with E-state index in [-0.39, 0.29) is 22.8 Å². The summed E-state index contributed by atoms with van der Waals surface area (Å²) in [5.74, 6) is 0.0625. The fraction of sp³-hybridized carbons (Fsp3) is 0.0952. The zero-order valence-electron chi connectivity index (χ0n) is 16.5. The van der Waals surface area contributed by atoms with E-state index in [4.69, 9.17) is 5.73 Å². The molecule has 0 aliphatic carbocycles. The summed E-state index contributed by atoms with van der Waals surface area (Å²) in [6.45, 7) is 1.84. The number of imidazole rings is 1. The smallest absolute Gasteiger partial charge is 0.406 e. The monoisotopic (exact) mass is 440 g/mol. The SMILES string of the molecule is Cc1nc2cc(-n3ncc(C(=O)c4cc5ccc(OC(F)(F)F)cc5[nH]4)c3N)ccc2[nH]1. The molecule has 11 heteroatoms. The number of ether oxygens (including phenoxy) is 1. The van der Waals surface area contributed by atoms with E-state index < -0.39 is 12.1 Å². The number of hydrogen-bond acceptors (Lipinski definition) is 5. The molecule has 0 bridgehead atoms. The van der Waals surface area contributed by atoms with Gasteiger partial charge in [-0.2, -0.15) is 5.10 Å². The maximum atomic E-state index is 13.0. The molecule has 32 heavy (non-hydrogen) atoms. The van der Waals surface area contributed by atoms with Gasteiger partial charge in [0.25, 0.3) is 0 Å². The molecule has 0 atom stereocenters. The lowest BCUT2D eigenvalue weighted by atomic mass is 10.1. The van der Waals surface area contributed by atoms with Gasteiger partial charge < -0.3 is 20.4 Å². The van der Waals surface area contributed by atoms with Crippen LogP contribution in [0.2, 0.25) is 0 Å². The van der Waals surface area contributed by atoms with E-state index in [0.717, 1.165) is 16.9 Å². The molecule has 4 N–H and O–H groups in total. The Bertz CT molecular complexity index is 1490. The summed E-state index contributed by atoms with van der Waals surface area (Å²) in [5, 5.41) is 4.78. The van der Waals surface area contributed by atoms with E-state index >= 15 is 0 Å². The van der Waals surface area contributed by atoms with Crippen LogP contribution in [-0.2, 0) is 0 Å². The molecule has 0 amide bonds. The first-order valence-electron chi connectivity index (χ1n) is 9.41. The summed E-state index contributed by atoms with van der Waals surface area (Å²) in [6, 6.07) is 10.7. The molecule has 0 unspecified atom stereocenters. The van der Waals surface area contributed by atoms with E-state index in [9.17, 15) is 18.0 Å². The predicted molar refractivity (Wildman–Crippen MR) is 111 cm³/mol. The maximum absolute atomic E-state index is 13.0. The maximum Gasteiger partial charge on any atom is 0.573 e. The zero-order chi connectivity index (χ0) is 22.6. The lowest BCUT2D eigenvalue weighted by molar-refractivity contribution is -0.274. The topological polar surface area (TPSA) is 115 Å². The van der Waals surface area contributed by atoms with Crippen LogP contribution in [0, 0.1) is 6.92 Å². The minimum Gasteiger partial charge on any atom is -0.406 e. The van der Waals surface area contributed by atoms with E-state index in [1.165, 1.54) is 35.1 Å². The van der Waals surface area contributed by atoms with Gasteiger partial charge in [0.15, 0.2) is 0 Å². The van der Waals surface area contributed by atoms with Crippen molar-refractivity contribution in [1.82, 2.24) is 24.7 Å². The second-order valence-corrected chi connectivity index (χ2v) is 7.19. The third-order valence-corrected chi connectivity index (χ3v) is 4.95. The molecule has 162 valence electrons. The van der Waals surface area contributed by atoms with Crippen LogP contribution in [-0.4, -0.2) is 36.9 Å². The van der Waals surface area contributed by atoms with Crippen LogP contribution in [0.4, 0.5) is 19.0 Å². The Hall–Kier alpha value is -4.28. The van der Waals surface area contributed by atoms with Gasteiger partial charge in [0.05, 0.1) is 34.2 Å². The number of H-pyrrole nitrogens is 2. The molecular formula is C21H15F3N6O2. The van der Waals surface area contributed by atoms with Crippen molar-refractivity contribution in [3.8, 4) is 11.4 Å². The number of carbonyl (C=O) groups is 1. The fourth-order valence-electron chi connectivity index (χ4n) is 3.56. The van der Waals surface area contributed by atoms with Gasteiger partial charge >= 0.3 is 6.36 Å². The number of halogens is 3. The standard InChI is InChI=1S/C21H15F3N6O2/c1-10-27-15-5-3-12(7-17(15)28-10)30-20(25)14(9-26-30)19(31)18-6-11-2-4-13(8-16(11)29-18)32-21(22,23)24/h2-9,29H,25H2,1H3,(H,27,28). The normalized spacial score (nSPS) is 12.0. The van der Waals surface area contributed by atoms with Crippen LogP contribution in [0.15, 0.2) is 48.7 Å². The van der Waals surface area contributed by atoms with Crippen LogP contribution >= 0.6 is 0 Å². The summed E-state index contributed by atoms with van der Waals surface area (Å²) in [5.41, 5.74) is 9.06. The van der Waals surface area contributed by atoms with Crippen molar-refractivity contribution >= 4 is 33.5 Å². The van der Waals surface area contributed by atoms with Crippen molar-refractivity contribution in [3.63, 3.8) is 0 Å². The molecule has 2 aromatic carbocycles. The molecule has 0 saturated heterocycles. The van der Waals surface area contributed by atoms with Crippen molar-refractivity contribution < 1.29 is 22.7 Å². The summed E-state index contributed by atoms with van der Waals surface area (Å²) < 4.78 is 42.7. The molecule has 0 saturated carbocycles. The van der Waals surface area contributed by atoms with Gasteiger partial charge in [0.1, 0.15) is 17.4 Å². The molecule has 5 aromatic rings. The summed E-state index contributed by atoms with van der Waals surface area (Å²) in [6.07, 6.45) is -3.46. The Balaban J connectivity index is 1.48. The van der Waals surface area contributed by atoms with Gasteiger partial charge in [0, 0.05) is 17.0 Å².